The predicted octanol–water partition coefficient (Wildman–Crippen LogP) is 1.83. The van der Waals surface area contributed by atoms with Gasteiger partial charge in [-0.15, -0.1) is 11.3 Å². The highest BCUT2D eigenvalue weighted by atomic mass is 32.1. The lowest BCUT2D eigenvalue weighted by Crippen LogP contribution is -2.37. The van der Waals surface area contributed by atoms with Gasteiger partial charge in [-0.25, -0.2) is 4.98 Å². The first-order valence-corrected chi connectivity index (χ1v) is 8.40. The van der Waals surface area contributed by atoms with Gasteiger partial charge in [0.1, 0.15) is 5.56 Å². The van der Waals surface area contributed by atoms with Crippen molar-refractivity contribution in [2.75, 3.05) is 6.61 Å². The fourth-order valence-electron chi connectivity index (χ4n) is 2.66. The molecule has 3 heterocycles. The maximum absolute atomic E-state index is 12.2. The normalized spacial score (nSPS) is 19.4. The third kappa shape index (κ3) is 3.20. The molecule has 2 aromatic heterocycles. The monoisotopic (exact) mass is 321 g/mol. The van der Waals surface area contributed by atoms with Crippen LogP contribution in [0.15, 0.2) is 22.6 Å². The maximum Gasteiger partial charge on any atom is 0.271 e. The van der Waals surface area contributed by atoms with Crippen LogP contribution in [0, 0.1) is 0 Å². The Balaban J connectivity index is 1.62. The first kappa shape index (κ1) is 15.2. The second kappa shape index (κ2) is 6.58. The van der Waals surface area contributed by atoms with Crippen LogP contribution in [0.4, 0.5) is 0 Å². The van der Waals surface area contributed by atoms with E-state index in [0.717, 1.165) is 32.3 Å². The summed E-state index contributed by atoms with van der Waals surface area (Å²) >= 11 is 1.36. The van der Waals surface area contributed by atoms with Gasteiger partial charge in [-0.05, 0) is 32.6 Å². The van der Waals surface area contributed by atoms with Crippen LogP contribution >= 0.6 is 11.3 Å². The highest BCUT2D eigenvalue weighted by molar-refractivity contribution is 7.15. The van der Waals surface area contributed by atoms with Gasteiger partial charge in [0.05, 0.1) is 6.10 Å². The summed E-state index contributed by atoms with van der Waals surface area (Å²) in [4.78, 5) is 29.2. The van der Waals surface area contributed by atoms with E-state index in [1.165, 1.54) is 21.9 Å². The van der Waals surface area contributed by atoms with E-state index >= 15 is 0 Å². The number of nitrogens with one attached hydrogen (secondary N) is 1. The van der Waals surface area contributed by atoms with Gasteiger partial charge in [0.15, 0.2) is 4.96 Å². The van der Waals surface area contributed by atoms with Crippen molar-refractivity contribution in [2.24, 2.45) is 0 Å². The maximum atomic E-state index is 12.2. The lowest BCUT2D eigenvalue weighted by molar-refractivity contribution is 0.0898. The molecule has 2 atom stereocenters. The molecule has 118 valence electrons. The SMILES string of the molecule is C[C@@H](CC[C@@H]1CCCO1)NC(=O)c1cnc2sccn2c1=O. The van der Waals surface area contributed by atoms with Gasteiger partial charge >= 0.3 is 0 Å². The van der Waals surface area contributed by atoms with Gasteiger partial charge in [-0.1, -0.05) is 0 Å². The number of rotatable bonds is 5. The van der Waals surface area contributed by atoms with E-state index in [0.29, 0.717) is 11.1 Å². The third-order valence-corrected chi connectivity index (χ3v) is 4.68. The van der Waals surface area contributed by atoms with Crippen molar-refractivity contribution in [1.29, 1.82) is 0 Å². The second-order valence-electron chi connectivity index (χ2n) is 5.62. The molecule has 3 rings (SSSR count). The zero-order valence-corrected chi connectivity index (χ0v) is 13.3. The summed E-state index contributed by atoms with van der Waals surface area (Å²) in [6, 6.07) is -0.000674. The Morgan fingerprint density at radius 3 is 3.27 bits per heavy atom. The average Bonchev–Trinajstić information content (AvgIpc) is 3.17. The van der Waals surface area contributed by atoms with Crippen molar-refractivity contribution >= 4 is 22.2 Å². The lowest BCUT2D eigenvalue weighted by atomic mass is 10.1. The number of carbonyl (C=O) groups excluding carboxylic acids is 1. The number of thiazole rings is 1. The Bertz CT molecular complexity index is 718. The first-order valence-electron chi connectivity index (χ1n) is 7.52. The molecule has 0 spiro atoms. The summed E-state index contributed by atoms with van der Waals surface area (Å²) in [5.74, 6) is -0.363. The van der Waals surface area contributed by atoms with Gasteiger partial charge in [-0.2, -0.15) is 0 Å². The van der Waals surface area contributed by atoms with Gasteiger partial charge in [0.2, 0.25) is 0 Å². The van der Waals surface area contributed by atoms with Crippen molar-refractivity contribution in [3.8, 4) is 0 Å². The van der Waals surface area contributed by atoms with E-state index in [1.807, 2.05) is 6.92 Å². The van der Waals surface area contributed by atoms with E-state index in [9.17, 15) is 9.59 Å². The summed E-state index contributed by atoms with van der Waals surface area (Å²) in [7, 11) is 0. The Labute approximate surface area is 132 Å². The molecule has 6 nitrogen and oxygen atoms in total. The quantitative estimate of drug-likeness (QED) is 0.912. The molecular weight excluding hydrogens is 302 g/mol. The Kier molecular flexibility index (Phi) is 4.54. The molecule has 22 heavy (non-hydrogen) atoms. The largest absolute Gasteiger partial charge is 0.378 e. The summed E-state index contributed by atoms with van der Waals surface area (Å²) in [5.41, 5.74) is -0.241. The fourth-order valence-corrected chi connectivity index (χ4v) is 3.34. The number of hydrogen-bond acceptors (Lipinski definition) is 5. The second-order valence-corrected chi connectivity index (χ2v) is 6.49. The minimum absolute atomic E-state index is 0.000674. The van der Waals surface area contributed by atoms with Crippen LogP contribution in [0.2, 0.25) is 0 Å². The van der Waals surface area contributed by atoms with E-state index in [1.54, 1.807) is 11.6 Å². The highest BCUT2D eigenvalue weighted by Crippen LogP contribution is 2.17. The molecule has 1 amide bonds. The number of carbonyl (C=O) groups is 1. The molecule has 0 radical (unpaired) electrons. The minimum atomic E-state index is -0.363. The van der Waals surface area contributed by atoms with E-state index in [4.69, 9.17) is 4.74 Å². The van der Waals surface area contributed by atoms with Crippen LogP contribution in [0.3, 0.4) is 0 Å². The molecule has 1 fully saturated rings. The van der Waals surface area contributed by atoms with Crippen LogP contribution in [0.25, 0.3) is 4.96 Å². The Morgan fingerprint density at radius 2 is 2.50 bits per heavy atom. The summed E-state index contributed by atoms with van der Waals surface area (Å²) in [6.07, 6.45) is 7.29. The molecule has 2 aromatic rings. The molecule has 0 unspecified atom stereocenters. The molecule has 0 aromatic carbocycles. The summed E-state index contributed by atoms with van der Waals surface area (Å²) in [6.45, 7) is 2.79. The van der Waals surface area contributed by atoms with Gasteiger partial charge < -0.3 is 10.1 Å². The minimum Gasteiger partial charge on any atom is -0.378 e. The van der Waals surface area contributed by atoms with Gasteiger partial charge in [0.25, 0.3) is 11.5 Å². The smallest absolute Gasteiger partial charge is 0.271 e. The lowest BCUT2D eigenvalue weighted by Gasteiger charge is -2.16. The number of amides is 1. The highest BCUT2D eigenvalue weighted by Gasteiger charge is 2.19. The standard InChI is InChI=1S/C15H19N3O3S/c1-10(4-5-11-3-2-7-21-11)17-13(19)12-9-16-15-18(14(12)20)6-8-22-15/h6,8-11H,2-5,7H2,1H3,(H,17,19)/t10-,11-/m0/s1. The summed E-state index contributed by atoms with van der Waals surface area (Å²) < 4.78 is 6.98. The molecule has 0 bridgehead atoms. The number of nitrogens with zero attached hydrogens (tertiary/aromatic N) is 2. The van der Waals surface area contributed by atoms with Crippen LogP contribution in [-0.2, 0) is 4.74 Å². The van der Waals surface area contributed by atoms with Crippen LogP contribution in [0.1, 0.15) is 43.0 Å². The number of ether oxygens (including phenoxy) is 1. The molecule has 1 aliphatic rings. The molecule has 0 saturated carbocycles. The molecular formula is C15H19N3O3S. The molecule has 0 aliphatic carbocycles. The number of aromatic nitrogens is 2. The van der Waals surface area contributed by atoms with Crippen LogP contribution in [0.5, 0.6) is 0 Å². The number of hydrogen-bond donors (Lipinski definition) is 1. The molecule has 1 N–H and O–H groups in total. The van der Waals surface area contributed by atoms with Crippen molar-refractivity contribution < 1.29 is 9.53 Å². The third-order valence-electron chi connectivity index (χ3n) is 3.91. The molecule has 1 aliphatic heterocycles. The zero-order chi connectivity index (χ0) is 15.5. The molecule has 1 saturated heterocycles. The first-order chi connectivity index (χ1) is 10.6. The van der Waals surface area contributed by atoms with E-state index in [-0.39, 0.29) is 23.1 Å². The van der Waals surface area contributed by atoms with Crippen molar-refractivity contribution in [3.05, 3.63) is 33.7 Å². The van der Waals surface area contributed by atoms with Crippen molar-refractivity contribution in [3.63, 3.8) is 0 Å². The van der Waals surface area contributed by atoms with Crippen molar-refractivity contribution in [2.45, 2.75) is 44.8 Å². The van der Waals surface area contributed by atoms with Crippen LogP contribution in [-0.4, -0.2) is 34.0 Å². The fraction of sp³-hybridized carbons (Fsp3) is 0.533. The van der Waals surface area contributed by atoms with E-state index < -0.39 is 0 Å². The summed E-state index contributed by atoms with van der Waals surface area (Å²) in [5, 5.41) is 4.65. The van der Waals surface area contributed by atoms with Crippen molar-refractivity contribution in [1.82, 2.24) is 14.7 Å². The van der Waals surface area contributed by atoms with Crippen LogP contribution < -0.4 is 10.9 Å². The van der Waals surface area contributed by atoms with Gasteiger partial charge in [-0.3, -0.25) is 14.0 Å². The Morgan fingerprint density at radius 1 is 1.64 bits per heavy atom. The zero-order valence-electron chi connectivity index (χ0n) is 12.4. The molecule has 7 heteroatoms. The Hall–Kier alpha value is -1.73. The predicted molar refractivity (Wildman–Crippen MR) is 84.5 cm³/mol. The number of fused-ring (bicyclic) bond motifs is 1. The van der Waals surface area contributed by atoms with E-state index in [2.05, 4.69) is 10.3 Å². The van der Waals surface area contributed by atoms with Gasteiger partial charge in [0, 0.05) is 30.4 Å². The average molecular weight is 321 g/mol. The topological polar surface area (TPSA) is 72.7 Å².